The molecule has 0 bridgehead atoms. The molecule has 1 aromatic carbocycles. The van der Waals surface area contributed by atoms with Crippen LogP contribution in [0.1, 0.15) is 27.7 Å². The van der Waals surface area contributed by atoms with Crippen molar-refractivity contribution in [1.82, 2.24) is 0 Å². The second kappa shape index (κ2) is 5.75. The Morgan fingerprint density at radius 3 is 2.79 bits per heavy atom. The molecule has 5 N–H and O–H groups in total. The Bertz CT molecular complexity index is 592. The highest BCUT2D eigenvalue weighted by Gasteiger charge is 2.06. The molecule has 0 aliphatic rings. The number of aryl methyl sites for hydroxylation is 1. The number of benzene rings is 1. The molecule has 0 fully saturated rings. The van der Waals surface area contributed by atoms with Crippen LogP contribution in [0.15, 0.2) is 29.6 Å². The summed E-state index contributed by atoms with van der Waals surface area (Å²) in [5, 5.41) is 5.38. The Morgan fingerprint density at radius 2 is 2.16 bits per heavy atom. The molecule has 0 aliphatic heterocycles. The summed E-state index contributed by atoms with van der Waals surface area (Å²) < 4.78 is 0. The molecular formula is C14H17N3OS. The Balaban J connectivity index is 2.10. The first-order chi connectivity index (χ1) is 9.11. The highest BCUT2D eigenvalue weighted by Crippen LogP contribution is 2.23. The third-order valence-electron chi connectivity index (χ3n) is 2.99. The number of hydrogen-bond acceptors (Lipinski definition) is 4. The zero-order chi connectivity index (χ0) is 13.8. The van der Waals surface area contributed by atoms with Gasteiger partial charge in [-0.05, 0) is 41.6 Å². The number of nitrogens with two attached hydrogens (primary N) is 2. The van der Waals surface area contributed by atoms with Gasteiger partial charge in [-0.1, -0.05) is 6.92 Å². The molecule has 0 unspecified atom stereocenters. The quantitative estimate of drug-likeness (QED) is 0.734. The molecule has 2 aromatic rings. The van der Waals surface area contributed by atoms with Gasteiger partial charge in [0.15, 0.2) is 0 Å². The third kappa shape index (κ3) is 3.06. The summed E-state index contributed by atoms with van der Waals surface area (Å²) >= 11 is 1.73. The molecule has 2 rings (SSSR count). The summed E-state index contributed by atoms with van der Waals surface area (Å²) in [6, 6.07) is 7.20. The van der Waals surface area contributed by atoms with Gasteiger partial charge in [-0.3, -0.25) is 4.79 Å². The van der Waals surface area contributed by atoms with E-state index in [4.69, 9.17) is 11.5 Å². The van der Waals surface area contributed by atoms with Crippen molar-refractivity contribution < 1.29 is 4.79 Å². The van der Waals surface area contributed by atoms with Gasteiger partial charge in [-0.25, -0.2) is 0 Å². The molecule has 0 aliphatic carbocycles. The summed E-state index contributed by atoms with van der Waals surface area (Å²) in [5.74, 6) is -0.468. The van der Waals surface area contributed by atoms with Crippen molar-refractivity contribution in [2.45, 2.75) is 19.9 Å². The molecule has 0 saturated heterocycles. The number of primary amides is 1. The van der Waals surface area contributed by atoms with E-state index in [-0.39, 0.29) is 0 Å². The molecule has 19 heavy (non-hydrogen) atoms. The topological polar surface area (TPSA) is 81.1 Å². The number of nitrogen functional groups attached to an aromatic ring is 1. The van der Waals surface area contributed by atoms with Crippen molar-refractivity contribution in [3.05, 3.63) is 45.6 Å². The fourth-order valence-electron chi connectivity index (χ4n) is 1.89. The minimum absolute atomic E-state index is 0.424. The van der Waals surface area contributed by atoms with Crippen molar-refractivity contribution in [2.75, 3.05) is 11.1 Å². The minimum Gasteiger partial charge on any atom is -0.397 e. The third-order valence-corrected chi connectivity index (χ3v) is 3.96. The first kappa shape index (κ1) is 13.4. The van der Waals surface area contributed by atoms with E-state index in [1.54, 1.807) is 29.5 Å². The second-order valence-electron chi connectivity index (χ2n) is 4.24. The summed E-state index contributed by atoms with van der Waals surface area (Å²) in [4.78, 5) is 12.3. The first-order valence-corrected chi connectivity index (χ1v) is 6.98. The number of carbonyl (C=O) groups is 1. The molecule has 5 heteroatoms. The van der Waals surface area contributed by atoms with E-state index < -0.39 is 5.91 Å². The van der Waals surface area contributed by atoms with Crippen LogP contribution in [-0.2, 0) is 13.0 Å². The normalized spacial score (nSPS) is 10.4. The van der Waals surface area contributed by atoms with Crippen molar-refractivity contribution in [3.8, 4) is 0 Å². The van der Waals surface area contributed by atoms with E-state index in [2.05, 4.69) is 23.7 Å². The number of thiophene rings is 1. The van der Waals surface area contributed by atoms with Crippen LogP contribution in [0.4, 0.5) is 11.4 Å². The molecule has 1 heterocycles. The van der Waals surface area contributed by atoms with Gasteiger partial charge < -0.3 is 16.8 Å². The zero-order valence-corrected chi connectivity index (χ0v) is 11.6. The predicted octanol–water partition coefficient (Wildman–Crippen LogP) is 2.60. The molecule has 0 spiro atoms. The van der Waals surface area contributed by atoms with Crippen LogP contribution in [-0.4, -0.2) is 5.91 Å². The largest absolute Gasteiger partial charge is 0.397 e. The molecule has 1 aromatic heterocycles. The Kier molecular flexibility index (Phi) is 4.06. The lowest BCUT2D eigenvalue weighted by Gasteiger charge is -2.10. The summed E-state index contributed by atoms with van der Waals surface area (Å²) in [6.45, 7) is 2.88. The van der Waals surface area contributed by atoms with Crippen LogP contribution in [0.2, 0.25) is 0 Å². The van der Waals surface area contributed by atoms with Crippen LogP contribution in [0.25, 0.3) is 0 Å². The lowest BCUT2D eigenvalue weighted by Crippen LogP contribution is -2.12. The van der Waals surface area contributed by atoms with Gasteiger partial charge in [0.1, 0.15) is 0 Å². The summed E-state index contributed by atoms with van der Waals surface area (Å²) in [7, 11) is 0. The van der Waals surface area contributed by atoms with Gasteiger partial charge in [0.25, 0.3) is 0 Å². The number of carbonyl (C=O) groups excluding carboxylic acids is 1. The Labute approximate surface area is 116 Å². The average Bonchev–Trinajstić information content (AvgIpc) is 2.84. The van der Waals surface area contributed by atoms with Crippen molar-refractivity contribution >= 4 is 28.6 Å². The predicted molar refractivity (Wildman–Crippen MR) is 80.4 cm³/mol. The SMILES string of the molecule is CCc1ccsc1CNc1ccc(C(N)=O)cc1N. The maximum Gasteiger partial charge on any atom is 0.248 e. The second-order valence-corrected chi connectivity index (χ2v) is 5.24. The van der Waals surface area contributed by atoms with E-state index in [0.29, 0.717) is 11.3 Å². The van der Waals surface area contributed by atoms with Gasteiger partial charge in [0.2, 0.25) is 5.91 Å². The van der Waals surface area contributed by atoms with Crippen LogP contribution < -0.4 is 16.8 Å². The van der Waals surface area contributed by atoms with Crippen molar-refractivity contribution in [3.63, 3.8) is 0 Å². The van der Waals surface area contributed by atoms with Crippen LogP contribution >= 0.6 is 11.3 Å². The number of rotatable bonds is 5. The lowest BCUT2D eigenvalue weighted by atomic mass is 10.1. The Morgan fingerprint density at radius 1 is 1.37 bits per heavy atom. The maximum absolute atomic E-state index is 11.0. The number of amides is 1. The van der Waals surface area contributed by atoms with Crippen molar-refractivity contribution in [1.29, 1.82) is 0 Å². The fraction of sp³-hybridized carbons (Fsp3) is 0.214. The monoisotopic (exact) mass is 275 g/mol. The smallest absolute Gasteiger partial charge is 0.248 e. The van der Waals surface area contributed by atoms with Crippen LogP contribution in [0.3, 0.4) is 0 Å². The van der Waals surface area contributed by atoms with E-state index in [1.165, 1.54) is 10.4 Å². The highest BCUT2D eigenvalue weighted by molar-refractivity contribution is 7.10. The molecule has 4 nitrogen and oxygen atoms in total. The fourth-order valence-corrected chi connectivity index (χ4v) is 2.81. The minimum atomic E-state index is -0.468. The van der Waals surface area contributed by atoms with Gasteiger partial charge in [-0.2, -0.15) is 0 Å². The number of hydrogen-bond donors (Lipinski definition) is 3. The molecular weight excluding hydrogens is 258 g/mol. The van der Waals surface area contributed by atoms with E-state index in [9.17, 15) is 4.79 Å². The standard InChI is InChI=1S/C14H17N3OS/c1-2-9-5-6-19-13(9)8-17-12-4-3-10(14(16)18)7-11(12)15/h3-7,17H,2,8,15H2,1H3,(H2,16,18). The maximum atomic E-state index is 11.0. The average molecular weight is 275 g/mol. The van der Waals surface area contributed by atoms with E-state index in [1.807, 2.05) is 0 Å². The summed E-state index contributed by atoms with van der Waals surface area (Å²) in [6.07, 6.45) is 1.02. The molecule has 0 atom stereocenters. The first-order valence-electron chi connectivity index (χ1n) is 6.10. The van der Waals surface area contributed by atoms with Gasteiger partial charge >= 0.3 is 0 Å². The van der Waals surface area contributed by atoms with Crippen LogP contribution in [0.5, 0.6) is 0 Å². The lowest BCUT2D eigenvalue weighted by molar-refractivity contribution is 0.100. The van der Waals surface area contributed by atoms with Gasteiger partial charge in [-0.15, -0.1) is 11.3 Å². The van der Waals surface area contributed by atoms with Crippen LogP contribution in [0, 0.1) is 0 Å². The van der Waals surface area contributed by atoms with E-state index in [0.717, 1.165) is 18.7 Å². The molecule has 1 amide bonds. The number of nitrogens with one attached hydrogen (secondary N) is 1. The van der Waals surface area contributed by atoms with Crippen molar-refractivity contribution in [2.24, 2.45) is 5.73 Å². The molecule has 0 saturated carbocycles. The van der Waals surface area contributed by atoms with E-state index >= 15 is 0 Å². The van der Waals surface area contributed by atoms with Gasteiger partial charge in [0.05, 0.1) is 11.4 Å². The van der Waals surface area contributed by atoms with Gasteiger partial charge in [0, 0.05) is 17.0 Å². The Hall–Kier alpha value is -2.01. The highest BCUT2D eigenvalue weighted by atomic mass is 32.1. The zero-order valence-electron chi connectivity index (χ0n) is 10.8. The number of anilines is 2. The molecule has 0 radical (unpaired) electrons. The molecule has 100 valence electrons. The summed E-state index contributed by atoms with van der Waals surface area (Å²) in [5.41, 5.74) is 14.2.